The molecule has 0 radical (unpaired) electrons. The van der Waals surface area contributed by atoms with Gasteiger partial charge in [0.2, 0.25) is 5.91 Å². The smallest absolute Gasteiger partial charge is 0.225 e. The number of carbonyl (C=O) groups is 1. The number of anilines is 1. The van der Waals surface area contributed by atoms with E-state index >= 15 is 0 Å². The van der Waals surface area contributed by atoms with Gasteiger partial charge in [0.1, 0.15) is 18.5 Å². The Morgan fingerprint density at radius 2 is 1.88 bits per heavy atom. The fraction of sp³-hybridized carbons (Fsp3) is 0.118. The summed E-state index contributed by atoms with van der Waals surface area (Å²) in [6.45, 7) is 0. The molecule has 0 saturated carbocycles. The fourth-order valence-corrected chi connectivity index (χ4v) is 2.91. The van der Waals surface area contributed by atoms with Crippen molar-refractivity contribution in [3.8, 4) is 5.69 Å². The minimum Gasteiger partial charge on any atom is -0.326 e. The van der Waals surface area contributed by atoms with Gasteiger partial charge in [0, 0.05) is 22.8 Å². The van der Waals surface area contributed by atoms with Crippen LogP contribution in [0, 0.1) is 5.82 Å². The van der Waals surface area contributed by atoms with Gasteiger partial charge in [0.15, 0.2) is 0 Å². The van der Waals surface area contributed by atoms with Gasteiger partial charge in [0.25, 0.3) is 0 Å². The van der Waals surface area contributed by atoms with Crippen LogP contribution in [0.1, 0.15) is 6.42 Å². The number of halogens is 1. The number of nitrogens with one attached hydrogen (secondary N) is 1. The highest BCUT2D eigenvalue weighted by molar-refractivity contribution is 7.99. The summed E-state index contributed by atoms with van der Waals surface area (Å²) in [7, 11) is 0. The highest BCUT2D eigenvalue weighted by Crippen LogP contribution is 2.19. The van der Waals surface area contributed by atoms with Crippen LogP contribution in [0.25, 0.3) is 5.69 Å². The van der Waals surface area contributed by atoms with Crippen LogP contribution in [-0.4, -0.2) is 26.4 Å². The van der Waals surface area contributed by atoms with Crippen LogP contribution in [0.3, 0.4) is 0 Å². The zero-order chi connectivity index (χ0) is 16.8. The van der Waals surface area contributed by atoms with Crippen LogP contribution in [0.15, 0.2) is 66.1 Å². The second-order valence-electron chi connectivity index (χ2n) is 4.99. The maximum absolute atomic E-state index is 12.8. The quantitative estimate of drug-likeness (QED) is 0.696. The average Bonchev–Trinajstić information content (AvgIpc) is 3.12. The minimum absolute atomic E-state index is 0.0573. The molecule has 0 unspecified atom stereocenters. The Labute approximate surface area is 142 Å². The predicted molar refractivity (Wildman–Crippen MR) is 91.7 cm³/mol. The van der Waals surface area contributed by atoms with E-state index in [0.717, 1.165) is 16.3 Å². The van der Waals surface area contributed by atoms with Crippen molar-refractivity contribution in [3.63, 3.8) is 0 Å². The number of benzene rings is 2. The van der Waals surface area contributed by atoms with E-state index in [2.05, 4.69) is 15.4 Å². The molecule has 0 atom stereocenters. The third-order valence-electron chi connectivity index (χ3n) is 3.25. The van der Waals surface area contributed by atoms with E-state index in [0.29, 0.717) is 12.2 Å². The van der Waals surface area contributed by atoms with E-state index in [9.17, 15) is 9.18 Å². The Bertz CT molecular complexity index is 788. The molecule has 0 aliphatic rings. The summed E-state index contributed by atoms with van der Waals surface area (Å²) in [4.78, 5) is 16.8. The van der Waals surface area contributed by atoms with Gasteiger partial charge < -0.3 is 5.32 Å². The lowest BCUT2D eigenvalue weighted by Crippen LogP contribution is -2.12. The molecule has 1 amide bonds. The van der Waals surface area contributed by atoms with E-state index < -0.39 is 0 Å². The summed E-state index contributed by atoms with van der Waals surface area (Å²) in [5, 5.41) is 6.90. The average molecular weight is 342 g/mol. The lowest BCUT2D eigenvalue weighted by Gasteiger charge is -2.06. The number of rotatable bonds is 6. The zero-order valence-electron chi connectivity index (χ0n) is 12.7. The third kappa shape index (κ3) is 4.42. The fourth-order valence-electron chi connectivity index (χ4n) is 2.05. The topological polar surface area (TPSA) is 59.8 Å². The monoisotopic (exact) mass is 342 g/mol. The molecule has 122 valence electrons. The molecule has 1 N–H and O–H groups in total. The zero-order valence-corrected chi connectivity index (χ0v) is 13.5. The summed E-state index contributed by atoms with van der Waals surface area (Å²) in [6.07, 6.45) is 3.46. The third-order valence-corrected chi connectivity index (χ3v) is 4.26. The van der Waals surface area contributed by atoms with Crippen molar-refractivity contribution in [1.29, 1.82) is 0 Å². The summed E-state index contributed by atoms with van der Waals surface area (Å²) in [5.41, 5.74) is 1.60. The summed E-state index contributed by atoms with van der Waals surface area (Å²) >= 11 is 1.52. The van der Waals surface area contributed by atoms with E-state index in [1.165, 1.54) is 30.2 Å². The lowest BCUT2D eigenvalue weighted by molar-refractivity contribution is -0.115. The first-order valence-corrected chi connectivity index (χ1v) is 8.32. The van der Waals surface area contributed by atoms with Gasteiger partial charge in [-0.05, 0) is 48.5 Å². The van der Waals surface area contributed by atoms with E-state index in [4.69, 9.17) is 0 Å². The SMILES string of the molecule is O=C(CCSc1ccc(F)cc1)Nc1ccc(-n2cncn2)cc1. The second-order valence-corrected chi connectivity index (χ2v) is 6.16. The lowest BCUT2D eigenvalue weighted by atomic mass is 10.2. The molecular formula is C17H15FN4OS. The van der Waals surface area contributed by atoms with E-state index in [-0.39, 0.29) is 11.7 Å². The molecule has 0 bridgehead atoms. The van der Waals surface area contributed by atoms with Gasteiger partial charge in [-0.3, -0.25) is 4.79 Å². The van der Waals surface area contributed by atoms with Gasteiger partial charge in [0.05, 0.1) is 5.69 Å². The molecule has 0 spiro atoms. The number of amides is 1. The first kappa shape index (κ1) is 16.2. The van der Waals surface area contributed by atoms with Crippen molar-refractivity contribution in [2.75, 3.05) is 11.1 Å². The number of thioether (sulfide) groups is 1. The van der Waals surface area contributed by atoms with Crippen molar-refractivity contribution in [3.05, 3.63) is 67.0 Å². The molecule has 0 aliphatic heterocycles. The largest absolute Gasteiger partial charge is 0.326 e. The van der Waals surface area contributed by atoms with Crippen LogP contribution < -0.4 is 5.32 Å². The molecule has 3 aromatic rings. The molecule has 5 nitrogen and oxygen atoms in total. The first-order valence-electron chi connectivity index (χ1n) is 7.34. The number of hydrogen-bond donors (Lipinski definition) is 1. The summed E-state index contributed by atoms with van der Waals surface area (Å²) in [6, 6.07) is 13.6. The van der Waals surface area contributed by atoms with Gasteiger partial charge in [-0.25, -0.2) is 14.1 Å². The van der Waals surface area contributed by atoms with Crippen LogP contribution in [-0.2, 0) is 4.79 Å². The first-order chi connectivity index (χ1) is 11.7. The Balaban J connectivity index is 1.47. The van der Waals surface area contributed by atoms with Gasteiger partial charge in [-0.2, -0.15) is 5.10 Å². The molecule has 2 aromatic carbocycles. The molecule has 0 aliphatic carbocycles. The minimum atomic E-state index is -0.258. The Morgan fingerprint density at radius 3 is 2.54 bits per heavy atom. The standard InChI is InChI=1S/C17H15FN4OS/c18-13-1-7-16(8-2-13)24-10-9-17(23)21-14-3-5-15(6-4-14)22-12-19-11-20-22/h1-8,11-12H,9-10H2,(H,21,23). The van der Waals surface area contributed by atoms with Crippen LogP contribution in [0.2, 0.25) is 0 Å². The molecule has 0 saturated heterocycles. The molecule has 1 aromatic heterocycles. The highest BCUT2D eigenvalue weighted by atomic mass is 32.2. The summed E-state index contributed by atoms with van der Waals surface area (Å²) < 4.78 is 14.5. The molecule has 1 heterocycles. The van der Waals surface area contributed by atoms with Crippen LogP contribution in [0.4, 0.5) is 10.1 Å². The maximum atomic E-state index is 12.8. The number of carbonyl (C=O) groups excluding carboxylic acids is 1. The van der Waals surface area contributed by atoms with Crippen molar-refractivity contribution in [2.24, 2.45) is 0 Å². The van der Waals surface area contributed by atoms with Gasteiger partial charge in [-0.15, -0.1) is 11.8 Å². The van der Waals surface area contributed by atoms with Crippen LogP contribution in [0.5, 0.6) is 0 Å². The maximum Gasteiger partial charge on any atom is 0.225 e. The molecular weight excluding hydrogens is 327 g/mol. The number of nitrogens with zero attached hydrogens (tertiary/aromatic N) is 3. The van der Waals surface area contributed by atoms with E-state index in [1.54, 1.807) is 23.1 Å². The highest BCUT2D eigenvalue weighted by Gasteiger charge is 2.04. The normalized spacial score (nSPS) is 10.5. The molecule has 0 fully saturated rings. The van der Waals surface area contributed by atoms with Gasteiger partial charge in [-0.1, -0.05) is 0 Å². The van der Waals surface area contributed by atoms with Crippen molar-refractivity contribution >= 4 is 23.4 Å². The predicted octanol–water partition coefficient (Wildman–Crippen LogP) is 3.53. The Hall–Kier alpha value is -2.67. The van der Waals surface area contributed by atoms with Crippen molar-refractivity contribution in [1.82, 2.24) is 14.8 Å². The second kappa shape index (κ2) is 7.74. The van der Waals surface area contributed by atoms with Crippen molar-refractivity contribution < 1.29 is 9.18 Å². The summed E-state index contributed by atoms with van der Waals surface area (Å²) in [5.74, 6) is 0.318. The Kier molecular flexibility index (Phi) is 5.22. The van der Waals surface area contributed by atoms with E-state index in [1.807, 2.05) is 24.3 Å². The number of hydrogen-bond acceptors (Lipinski definition) is 4. The number of aromatic nitrogens is 3. The molecule has 3 rings (SSSR count). The molecule has 7 heteroatoms. The molecule has 24 heavy (non-hydrogen) atoms. The van der Waals surface area contributed by atoms with Gasteiger partial charge >= 0.3 is 0 Å². The Morgan fingerprint density at radius 1 is 1.12 bits per heavy atom. The van der Waals surface area contributed by atoms with Crippen molar-refractivity contribution in [2.45, 2.75) is 11.3 Å². The van der Waals surface area contributed by atoms with Crippen LogP contribution >= 0.6 is 11.8 Å².